The van der Waals surface area contributed by atoms with Crippen molar-refractivity contribution in [3.05, 3.63) is 34.7 Å². The standard InChI is InChI=1S/C21H31FO2/c1-5-6-7-8-15-12-18(23)19(21(24)20(15)22)17-11-14(4)9-10-16(17)13(2)3/h11-13,16-17,23-24H,5-10H2,1-4H3. The second-order valence-corrected chi connectivity index (χ2v) is 7.57. The number of aryl methyl sites for hydroxylation is 1. The first-order valence-corrected chi connectivity index (χ1v) is 9.27. The van der Waals surface area contributed by atoms with Crippen molar-refractivity contribution in [1.82, 2.24) is 0 Å². The Morgan fingerprint density at radius 3 is 2.58 bits per heavy atom. The van der Waals surface area contributed by atoms with Crippen molar-refractivity contribution in [2.45, 2.75) is 72.1 Å². The molecule has 2 rings (SSSR count). The van der Waals surface area contributed by atoms with Gasteiger partial charge in [0, 0.05) is 11.5 Å². The van der Waals surface area contributed by atoms with E-state index in [9.17, 15) is 14.6 Å². The highest BCUT2D eigenvalue weighted by Crippen LogP contribution is 2.47. The molecule has 1 aromatic carbocycles. The normalized spacial score (nSPS) is 21.2. The molecule has 2 N–H and O–H groups in total. The highest BCUT2D eigenvalue weighted by molar-refractivity contribution is 5.52. The van der Waals surface area contributed by atoms with E-state index in [1.165, 1.54) is 11.6 Å². The number of aromatic hydroxyl groups is 2. The van der Waals surface area contributed by atoms with Gasteiger partial charge in [0.15, 0.2) is 11.6 Å². The first kappa shape index (κ1) is 18.8. The number of rotatable bonds is 6. The third-order valence-electron chi connectivity index (χ3n) is 5.37. The third kappa shape index (κ3) is 3.93. The quantitative estimate of drug-likeness (QED) is 0.490. The lowest BCUT2D eigenvalue weighted by molar-refractivity contribution is 0.300. The van der Waals surface area contributed by atoms with E-state index in [0.717, 1.165) is 32.1 Å². The van der Waals surface area contributed by atoms with Crippen molar-refractivity contribution in [3.8, 4) is 11.5 Å². The second kappa shape index (κ2) is 8.04. The van der Waals surface area contributed by atoms with Crippen LogP contribution in [0.4, 0.5) is 4.39 Å². The summed E-state index contributed by atoms with van der Waals surface area (Å²) in [7, 11) is 0. The van der Waals surface area contributed by atoms with Crippen molar-refractivity contribution < 1.29 is 14.6 Å². The minimum atomic E-state index is -0.557. The van der Waals surface area contributed by atoms with Crippen molar-refractivity contribution >= 4 is 0 Å². The van der Waals surface area contributed by atoms with Gasteiger partial charge in [-0.3, -0.25) is 0 Å². The summed E-state index contributed by atoms with van der Waals surface area (Å²) < 4.78 is 14.7. The summed E-state index contributed by atoms with van der Waals surface area (Å²) in [5.74, 6) is -0.303. The predicted octanol–water partition coefficient (Wildman–Crippen LogP) is 6.07. The van der Waals surface area contributed by atoms with Gasteiger partial charge in [-0.2, -0.15) is 0 Å². The van der Waals surface area contributed by atoms with E-state index in [1.54, 1.807) is 0 Å². The summed E-state index contributed by atoms with van der Waals surface area (Å²) in [6, 6.07) is 1.52. The van der Waals surface area contributed by atoms with Crippen LogP contribution in [0.5, 0.6) is 11.5 Å². The smallest absolute Gasteiger partial charge is 0.168 e. The fourth-order valence-electron chi connectivity index (χ4n) is 3.91. The molecule has 0 saturated carbocycles. The zero-order valence-corrected chi connectivity index (χ0v) is 15.4. The average molecular weight is 334 g/mol. The second-order valence-electron chi connectivity index (χ2n) is 7.57. The molecule has 0 saturated heterocycles. The van der Waals surface area contributed by atoms with Gasteiger partial charge in [0.05, 0.1) is 0 Å². The molecule has 0 spiro atoms. The van der Waals surface area contributed by atoms with Crippen molar-refractivity contribution in [3.63, 3.8) is 0 Å². The molecule has 0 fully saturated rings. The number of phenols is 2. The van der Waals surface area contributed by atoms with Crippen molar-refractivity contribution in [2.24, 2.45) is 11.8 Å². The molecule has 0 amide bonds. The number of unbranched alkanes of at least 4 members (excludes halogenated alkanes) is 2. The Morgan fingerprint density at radius 1 is 1.25 bits per heavy atom. The summed E-state index contributed by atoms with van der Waals surface area (Å²) >= 11 is 0. The molecule has 3 heteroatoms. The van der Waals surface area contributed by atoms with E-state index in [4.69, 9.17) is 0 Å². The van der Waals surface area contributed by atoms with Crippen LogP contribution in [0.1, 0.15) is 76.8 Å². The molecule has 1 aromatic rings. The van der Waals surface area contributed by atoms with Gasteiger partial charge < -0.3 is 10.2 Å². The molecule has 0 radical (unpaired) electrons. The van der Waals surface area contributed by atoms with Gasteiger partial charge in [0.1, 0.15) is 5.75 Å². The van der Waals surface area contributed by atoms with Crippen molar-refractivity contribution in [1.29, 1.82) is 0 Å². The summed E-state index contributed by atoms with van der Waals surface area (Å²) in [6.07, 6.45) is 7.61. The Kier molecular flexibility index (Phi) is 6.31. The van der Waals surface area contributed by atoms with Gasteiger partial charge in [0.2, 0.25) is 0 Å². The van der Waals surface area contributed by atoms with Gasteiger partial charge in [-0.25, -0.2) is 4.39 Å². The van der Waals surface area contributed by atoms with E-state index in [0.29, 0.717) is 29.4 Å². The van der Waals surface area contributed by atoms with Crippen LogP contribution in [-0.2, 0) is 6.42 Å². The van der Waals surface area contributed by atoms with Crippen LogP contribution in [0, 0.1) is 17.7 Å². The number of halogens is 1. The van der Waals surface area contributed by atoms with Crippen LogP contribution < -0.4 is 0 Å². The molecule has 1 aliphatic carbocycles. The molecule has 0 bridgehead atoms. The molecule has 24 heavy (non-hydrogen) atoms. The molecular weight excluding hydrogens is 303 g/mol. The molecule has 0 aliphatic heterocycles. The fourth-order valence-corrected chi connectivity index (χ4v) is 3.91. The zero-order valence-electron chi connectivity index (χ0n) is 15.4. The van der Waals surface area contributed by atoms with Gasteiger partial charge >= 0.3 is 0 Å². The van der Waals surface area contributed by atoms with E-state index in [1.807, 2.05) is 0 Å². The summed E-state index contributed by atoms with van der Waals surface area (Å²) in [5, 5.41) is 21.0. The first-order valence-electron chi connectivity index (χ1n) is 9.27. The molecule has 0 aromatic heterocycles. The highest BCUT2D eigenvalue weighted by Gasteiger charge is 2.32. The third-order valence-corrected chi connectivity index (χ3v) is 5.37. The Labute approximate surface area is 145 Å². The molecule has 1 aliphatic rings. The first-order chi connectivity index (χ1) is 11.4. The molecule has 134 valence electrons. The minimum Gasteiger partial charge on any atom is -0.507 e. The number of benzene rings is 1. The van der Waals surface area contributed by atoms with E-state index < -0.39 is 5.82 Å². The van der Waals surface area contributed by atoms with E-state index in [2.05, 4.69) is 33.8 Å². The van der Waals surface area contributed by atoms with Gasteiger partial charge in [0.25, 0.3) is 0 Å². The van der Waals surface area contributed by atoms with Crippen LogP contribution in [-0.4, -0.2) is 10.2 Å². The van der Waals surface area contributed by atoms with E-state index >= 15 is 0 Å². The number of hydrogen-bond acceptors (Lipinski definition) is 2. The summed E-state index contributed by atoms with van der Waals surface area (Å²) in [4.78, 5) is 0. The van der Waals surface area contributed by atoms with Gasteiger partial charge in [-0.05, 0) is 56.1 Å². The molecule has 2 atom stereocenters. The van der Waals surface area contributed by atoms with Crippen LogP contribution >= 0.6 is 0 Å². The Balaban J connectivity index is 2.42. The maximum Gasteiger partial charge on any atom is 0.168 e. The summed E-state index contributed by atoms with van der Waals surface area (Å²) in [6.45, 7) is 8.46. The zero-order chi connectivity index (χ0) is 17.9. The SMILES string of the molecule is CCCCCc1cc(O)c(C2C=C(C)CCC2C(C)C)c(O)c1F. The number of hydrogen-bond donors (Lipinski definition) is 2. The number of phenolic OH excluding ortho intramolecular Hbond substituents is 2. The summed E-state index contributed by atoms with van der Waals surface area (Å²) in [5.41, 5.74) is 2.02. The van der Waals surface area contributed by atoms with E-state index in [-0.39, 0.29) is 17.4 Å². The average Bonchev–Trinajstić information content (AvgIpc) is 2.52. The van der Waals surface area contributed by atoms with Gasteiger partial charge in [-0.15, -0.1) is 0 Å². The fraction of sp³-hybridized carbons (Fsp3) is 0.619. The Bertz CT molecular complexity index is 604. The van der Waals surface area contributed by atoms with Crippen LogP contribution in [0.2, 0.25) is 0 Å². The highest BCUT2D eigenvalue weighted by atomic mass is 19.1. The maximum atomic E-state index is 14.7. The van der Waals surface area contributed by atoms with Gasteiger partial charge in [-0.1, -0.05) is 45.3 Å². The molecule has 2 nitrogen and oxygen atoms in total. The lowest BCUT2D eigenvalue weighted by atomic mass is 9.71. The topological polar surface area (TPSA) is 40.5 Å². The van der Waals surface area contributed by atoms with Crippen LogP contribution in [0.15, 0.2) is 17.7 Å². The lowest BCUT2D eigenvalue weighted by Crippen LogP contribution is -2.21. The molecule has 0 heterocycles. The Morgan fingerprint density at radius 2 is 1.96 bits per heavy atom. The van der Waals surface area contributed by atoms with Crippen LogP contribution in [0.25, 0.3) is 0 Å². The number of allylic oxidation sites excluding steroid dienone is 2. The minimum absolute atomic E-state index is 0.0296. The Hall–Kier alpha value is -1.51. The molecule has 2 unspecified atom stereocenters. The van der Waals surface area contributed by atoms with Crippen molar-refractivity contribution in [2.75, 3.05) is 0 Å². The lowest BCUT2D eigenvalue weighted by Gasteiger charge is -2.33. The molecular formula is C21H31FO2. The maximum absolute atomic E-state index is 14.7. The largest absolute Gasteiger partial charge is 0.507 e. The monoisotopic (exact) mass is 334 g/mol. The predicted molar refractivity (Wildman–Crippen MR) is 97.0 cm³/mol. The van der Waals surface area contributed by atoms with Crippen LogP contribution in [0.3, 0.4) is 0 Å².